The van der Waals surface area contributed by atoms with Crippen LogP contribution in [-0.2, 0) is 30.2 Å². The van der Waals surface area contributed by atoms with Gasteiger partial charge in [0.25, 0.3) is 5.69 Å². The van der Waals surface area contributed by atoms with E-state index in [1.54, 1.807) is 26.8 Å². The molecule has 3 atom stereocenters. The lowest BCUT2D eigenvalue weighted by molar-refractivity contribution is -0.384. The summed E-state index contributed by atoms with van der Waals surface area (Å²) in [5.74, 6) is -2.43. The van der Waals surface area contributed by atoms with Crippen molar-refractivity contribution >= 4 is 54.5 Å². The van der Waals surface area contributed by atoms with Gasteiger partial charge in [-0.2, -0.15) is 0 Å². The number of ether oxygens (including phenoxy) is 2. The first-order chi connectivity index (χ1) is 22.2. The summed E-state index contributed by atoms with van der Waals surface area (Å²) in [5.41, 5.74) is -0.914. The van der Waals surface area contributed by atoms with Gasteiger partial charge < -0.3 is 13.9 Å². The molecule has 0 radical (unpaired) electrons. The number of thioether (sulfide) groups is 2. The molecule has 48 heavy (non-hydrogen) atoms. The number of β-lactam (4-membered cyclic amide) rings is 1. The number of hydrogen-bond donors (Lipinski definition) is 0. The van der Waals surface area contributed by atoms with Gasteiger partial charge in [0.1, 0.15) is 6.61 Å². The summed E-state index contributed by atoms with van der Waals surface area (Å²) in [4.78, 5) is 53.5. The van der Waals surface area contributed by atoms with E-state index < -0.39 is 58.9 Å². The molecule has 0 bridgehead atoms. The van der Waals surface area contributed by atoms with Crippen molar-refractivity contribution in [3.05, 3.63) is 80.8 Å². The Kier molecular flexibility index (Phi) is 12.7. The second kappa shape index (κ2) is 15.6. The van der Waals surface area contributed by atoms with Crippen LogP contribution in [0, 0.1) is 27.3 Å². The molecule has 0 unspecified atom stereocenters. The SMILES string of the molecule is CCS[C@@H]1[C@@H]([C@@H](C)O[Si](C)(C)C(C)(C)C)C(=O)N1C(C(=O)OCc1ccc([N+](=O)[O-])cc1)=C(Oc1ccccc1F)SC(=O)C(C)(C)C. The Bertz CT molecular complexity index is 1550. The maximum absolute atomic E-state index is 14.9. The lowest BCUT2D eigenvalue weighted by Crippen LogP contribution is -2.64. The fourth-order valence-corrected chi connectivity index (χ4v) is 7.97. The molecule has 1 amide bonds. The molecule has 1 aliphatic rings. The van der Waals surface area contributed by atoms with Crippen LogP contribution < -0.4 is 4.74 Å². The van der Waals surface area contributed by atoms with Gasteiger partial charge in [0, 0.05) is 17.5 Å². The van der Waals surface area contributed by atoms with Crippen LogP contribution in [0.25, 0.3) is 0 Å². The summed E-state index contributed by atoms with van der Waals surface area (Å²) < 4.78 is 33.2. The molecule has 0 saturated carbocycles. The molecule has 1 aliphatic heterocycles. The number of rotatable bonds is 13. The maximum atomic E-state index is 14.9. The molecule has 3 rings (SSSR count). The quantitative estimate of drug-likeness (QED) is 0.0380. The van der Waals surface area contributed by atoms with E-state index >= 15 is 0 Å². The van der Waals surface area contributed by atoms with Crippen LogP contribution in [0.2, 0.25) is 18.1 Å². The van der Waals surface area contributed by atoms with E-state index in [0.29, 0.717) is 23.1 Å². The number of likely N-dealkylation sites (tertiary alicyclic amines) is 1. The fourth-order valence-electron chi connectivity index (χ4n) is 4.41. The normalized spacial score (nSPS) is 18.1. The number of nitro benzene ring substituents is 1. The van der Waals surface area contributed by atoms with E-state index in [4.69, 9.17) is 13.9 Å². The van der Waals surface area contributed by atoms with E-state index in [0.717, 1.165) is 0 Å². The number of benzene rings is 2. The average molecular weight is 721 g/mol. The zero-order valence-electron chi connectivity index (χ0n) is 29.1. The zero-order valence-corrected chi connectivity index (χ0v) is 31.8. The molecule has 14 heteroatoms. The summed E-state index contributed by atoms with van der Waals surface area (Å²) in [6, 6.07) is 11.0. The van der Waals surface area contributed by atoms with Crippen molar-refractivity contribution in [1.29, 1.82) is 0 Å². The number of carbonyl (C=O) groups excluding carboxylic acids is 3. The minimum atomic E-state index is -2.29. The van der Waals surface area contributed by atoms with Crippen LogP contribution in [-0.4, -0.2) is 52.4 Å². The number of amides is 1. The van der Waals surface area contributed by atoms with Gasteiger partial charge >= 0.3 is 5.97 Å². The van der Waals surface area contributed by atoms with Crippen molar-refractivity contribution in [3.8, 4) is 5.75 Å². The molecule has 2 aromatic rings. The average Bonchev–Trinajstić information content (AvgIpc) is 2.98. The molecule has 0 aromatic heterocycles. The molecule has 262 valence electrons. The third-order valence-electron chi connectivity index (χ3n) is 8.20. The highest BCUT2D eigenvalue weighted by Crippen LogP contribution is 2.46. The monoisotopic (exact) mass is 720 g/mol. The predicted molar refractivity (Wildman–Crippen MR) is 189 cm³/mol. The van der Waals surface area contributed by atoms with E-state index in [1.165, 1.54) is 59.1 Å². The minimum absolute atomic E-state index is 0.113. The number of para-hydroxylation sites is 1. The largest absolute Gasteiger partial charge is 0.456 e. The standard InChI is InChI=1S/C34H45FN2O8S2Si/c1-11-46-29-26(21(2)45-48(9,10)34(6,7)8)28(38)36(29)27(30(39)43-20-22-16-18-23(19-17-22)37(41)42)31(47-32(40)33(3,4)5)44-25-15-13-12-14-24(25)35/h12-19,21,26,29H,11,20H2,1-10H3/t21-,26+,29-/m1/s1. The first-order valence-corrected chi connectivity index (χ1v) is 20.4. The Morgan fingerprint density at radius 1 is 1.06 bits per heavy atom. The van der Waals surface area contributed by atoms with Crippen molar-refractivity contribution in [2.75, 3.05) is 5.75 Å². The van der Waals surface area contributed by atoms with E-state index in [-0.39, 0.29) is 33.9 Å². The van der Waals surface area contributed by atoms with Gasteiger partial charge in [-0.15, -0.1) is 11.8 Å². The molecule has 1 saturated heterocycles. The molecule has 0 spiro atoms. The smallest absolute Gasteiger partial charge is 0.359 e. The Morgan fingerprint density at radius 3 is 2.19 bits per heavy atom. The van der Waals surface area contributed by atoms with Gasteiger partial charge in [-0.25, -0.2) is 9.18 Å². The van der Waals surface area contributed by atoms with Crippen LogP contribution in [0.5, 0.6) is 5.75 Å². The van der Waals surface area contributed by atoms with Crippen LogP contribution in [0.4, 0.5) is 10.1 Å². The number of nitro groups is 1. The van der Waals surface area contributed by atoms with Gasteiger partial charge in [0.05, 0.1) is 22.3 Å². The highest BCUT2D eigenvalue weighted by molar-refractivity contribution is 8.16. The lowest BCUT2D eigenvalue weighted by atomic mass is 9.92. The molecule has 1 fully saturated rings. The van der Waals surface area contributed by atoms with Crippen molar-refractivity contribution in [1.82, 2.24) is 4.90 Å². The summed E-state index contributed by atoms with van der Waals surface area (Å²) in [7, 11) is -2.29. The molecule has 0 aliphatic carbocycles. The van der Waals surface area contributed by atoms with Crippen LogP contribution >= 0.6 is 23.5 Å². The molecular formula is C34H45FN2O8S2Si. The summed E-state index contributed by atoms with van der Waals surface area (Å²) >= 11 is 2.02. The Labute approximate surface area is 291 Å². The second-order valence-corrected chi connectivity index (χ2v) is 21.1. The Morgan fingerprint density at radius 2 is 1.67 bits per heavy atom. The van der Waals surface area contributed by atoms with Crippen LogP contribution in [0.3, 0.4) is 0 Å². The number of non-ortho nitro benzene ring substituents is 1. The second-order valence-electron chi connectivity index (χ2n) is 14.0. The van der Waals surface area contributed by atoms with Gasteiger partial charge in [0.2, 0.25) is 11.0 Å². The van der Waals surface area contributed by atoms with Crippen LogP contribution in [0.15, 0.2) is 59.3 Å². The summed E-state index contributed by atoms with van der Waals surface area (Å²) in [6.45, 7) is 19.1. The van der Waals surface area contributed by atoms with Crippen LogP contribution in [0.1, 0.15) is 61.0 Å². The number of nitrogens with zero attached hydrogens (tertiary/aromatic N) is 2. The number of esters is 1. The number of carbonyl (C=O) groups is 3. The fraction of sp³-hybridized carbons (Fsp3) is 0.500. The topological polar surface area (TPSA) is 125 Å². The third-order valence-corrected chi connectivity index (χ3v) is 15.2. The van der Waals surface area contributed by atoms with Gasteiger partial charge in [-0.3, -0.25) is 24.6 Å². The molecule has 2 aromatic carbocycles. The lowest BCUT2D eigenvalue weighted by Gasteiger charge is -2.51. The molecule has 0 N–H and O–H groups in total. The first kappa shape index (κ1) is 39.2. The van der Waals surface area contributed by atoms with Crippen molar-refractivity contribution in [2.45, 2.75) is 91.6 Å². The summed E-state index contributed by atoms with van der Waals surface area (Å²) in [5, 5.41) is 9.70. The molecule has 1 heterocycles. The predicted octanol–water partition coefficient (Wildman–Crippen LogP) is 8.28. The summed E-state index contributed by atoms with van der Waals surface area (Å²) in [6.07, 6.45) is -0.490. The Hall–Kier alpha value is -3.20. The van der Waals surface area contributed by atoms with Gasteiger partial charge in [-0.05, 0) is 72.4 Å². The molecular weight excluding hydrogens is 676 g/mol. The van der Waals surface area contributed by atoms with Crippen molar-refractivity contribution in [2.24, 2.45) is 11.3 Å². The van der Waals surface area contributed by atoms with E-state index in [9.17, 15) is 28.9 Å². The number of halogens is 1. The maximum Gasteiger partial charge on any atom is 0.359 e. The highest BCUT2D eigenvalue weighted by Gasteiger charge is 2.56. The molecule has 10 nitrogen and oxygen atoms in total. The van der Waals surface area contributed by atoms with E-state index in [1.807, 2.05) is 13.8 Å². The first-order valence-electron chi connectivity index (χ1n) is 15.6. The Balaban J connectivity index is 2.14. The number of hydrogen-bond acceptors (Lipinski definition) is 10. The van der Waals surface area contributed by atoms with E-state index in [2.05, 4.69) is 33.9 Å². The third kappa shape index (κ3) is 9.27. The van der Waals surface area contributed by atoms with Gasteiger partial charge in [0.15, 0.2) is 30.7 Å². The van der Waals surface area contributed by atoms with Gasteiger partial charge in [-0.1, -0.05) is 60.6 Å². The van der Waals surface area contributed by atoms with Crippen molar-refractivity contribution < 1.29 is 37.6 Å². The highest BCUT2D eigenvalue weighted by atomic mass is 32.2. The van der Waals surface area contributed by atoms with Crippen molar-refractivity contribution in [3.63, 3.8) is 0 Å². The minimum Gasteiger partial charge on any atom is -0.456 e. The zero-order chi connectivity index (χ0) is 36.2.